The lowest BCUT2D eigenvalue weighted by Gasteiger charge is -2.27. The average Bonchev–Trinajstić information content (AvgIpc) is 3.04. The zero-order valence-electron chi connectivity index (χ0n) is 13.2. The first kappa shape index (κ1) is 17.0. The largest absolute Gasteiger partial charge is 0.503 e. The van der Waals surface area contributed by atoms with Crippen molar-refractivity contribution in [1.29, 1.82) is 0 Å². The zero-order valence-corrected chi connectivity index (χ0v) is 13.2. The van der Waals surface area contributed by atoms with Crippen molar-refractivity contribution in [2.45, 2.75) is 51.8 Å². The van der Waals surface area contributed by atoms with Crippen molar-refractivity contribution in [2.75, 3.05) is 19.7 Å². The van der Waals surface area contributed by atoms with Gasteiger partial charge < -0.3 is 19.9 Å². The van der Waals surface area contributed by atoms with Gasteiger partial charge in [0.2, 0.25) is 5.43 Å². The summed E-state index contributed by atoms with van der Waals surface area (Å²) in [5, 5.41) is 29.0. The van der Waals surface area contributed by atoms with Crippen LogP contribution in [0, 0.1) is 0 Å². The number of pyridine rings is 1. The lowest BCUT2D eigenvalue weighted by Crippen LogP contribution is -2.30. The second-order valence-corrected chi connectivity index (χ2v) is 5.85. The van der Waals surface area contributed by atoms with Crippen LogP contribution in [0.4, 0.5) is 0 Å². The SMILES string of the molecule is CCN(CCO)Cc1c(O)c(=O)cc(CO)n1C1CCCC1. The van der Waals surface area contributed by atoms with Gasteiger partial charge in [-0.2, -0.15) is 0 Å². The van der Waals surface area contributed by atoms with E-state index in [0.29, 0.717) is 31.0 Å². The Morgan fingerprint density at radius 3 is 2.55 bits per heavy atom. The van der Waals surface area contributed by atoms with Gasteiger partial charge in [-0.1, -0.05) is 19.8 Å². The number of aromatic nitrogens is 1. The Morgan fingerprint density at radius 2 is 2.00 bits per heavy atom. The molecule has 0 amide bonds. The van der Waals surface area contributed by atoms with Gasteiger partial charge in [0.1, 0.15) is 0 Å². The molecule has 3 N–H and O–H groups in total. The molecule has 1 aromatic heterocycles. The molecule has 0 aromatic carbocycles. The van der Waals surface area contributed by atoms with Crippen molar-refractivity contribution in [1.82, 2.24) is 9.47 Å². The monoisotopic (exact) mass is 310 g/mol. The van der Waals surface area contributed by atoms with Crippen LogP contribution in [0.2, 0.25) is 0 Å². The molecule has 1 heterocycles. The highest BCUT2D eigenvalue weighted by atomic mass is 16.3. The van der Waals surface area contributed by atoms with Crippen LogP contribution < -0.4 is 5.43 Å². The number of aliphatic hydroxyl groups excluding tert-OH is 2. The van der Waals surface area contributed by atoms with E-state index in [2.05, 4.69) is 0 Å². The molecule has 0 spiro atoms. The predicted molar refractivity (Wildman–Crippen MR) is 83.8 cm³/mol. The smallest absolute Gasteiger partial charge is 0.223 e. The highest BCUT2D eigenvalue weighted by Gasteiger charge is 2.24. The summed E-state index contributed by atoms with van der Waals surface area (Å²) in [7, 11) is 0. The van der Waals surface area contributed by atoms with Crippen molar-refractivity contribution < 1.29 is 15.3 Å². The van der Waals surface area contributed by atoms with E-state index in [0.717, 1.165) is 25.7 Å². The second-order valence-electron chi connectivity index (χ2n) is 5.85. The van der Waals surface area contributed by atoms with E-state index in [9.17, 15) is 15.0 Å². The Balaban J connectivity index is 2.47. The average molecular weight is 310 g/mol. The first-order chi connectivity index (χ1) is 10.6. The molecule has 6 nitrogen and oxygen atoms in total. The minimum atomic E-state index is -0.451. The third kappa shape index (κ3) is 3.51. The summed E-state index contributed by atoms with van der Waals surface area (Å²) in [6.07, 6.45) is 4.23. The van der Waals surface area contributed by atoms with E-state index >= 15 is 0 Å². The first-order valence-corrected chi connectivity index (χ1v) is 8.02. The summed E-state index contributed by atoms with van der Waals surface area (Å²) in [6, 6.07) is 1.55. The van der Waals surface area contributed by atoms with Crippen molar-refractivity contribution in [3.05, 3.63) is 27.7 Å². The maximum atomic E-state index is 12.0. The number of nitrogens with zero attached hydrogens (tertiary/aromatic N) is 2. The molecule has 1 aliphatic carbocycles. The van der Waals surface area contributed by atoms with Gasteiger partial charge in [0.15, 0.2) is 5.75 Å². The molecule has 1 fully saturated rings. The standard InChI is InChI=1S/C16H26N2O4/c1-2-17(7-8-19)10-14-16(22)15(21)9-13(11-20)18(14)12-5-3-4-6-12/h9,12,19-20,22H,2-8,10-11H2,1H3. The molecule has 0 unspecified atom stereocenters. The third-order valence-corrected chi connectivity index (χ3v) is 4.49. The van der Waals surface area contributed by atoms with Crippen molar-refractivity contribution in [2.24, 2.45) is 0 Å². The fraction of sp³-hybridized carbons (Fsp3) is 0.688. The van der Waals surface area contributed by atoms with Gasteiger partial charge in [-0.05, 0) is 19.4 Å². The number of aliphatic hydroxyl groups is 2. The zero-order chi connectivity index (χ0) is 16.1. The Hall–Kier alpha value is -1.37. The molecule has 0 aliphatic heterocycles. The van der Waals surface area contributed by atoms with E-state index in [1.54, 1.807) is 0 Å². The molecule has 1 aliphatic rings. The summed E-state index contributed by atoms with van der Waals surface area (Å²) in [4.78, 5) is 13.9. The van der Waals surface area contributed by atoms with Crippen LogP contribution in [0.25, 0.3) is 0 Å². The molecule has 0 saturated heterocycles. The quantitative estimate of drug-likeness (QED) is 0.699. The summed E-state index contributed by atoms with van der Waals surface area (Å²) in [6.45, 7) is 3.37. The highest BCUT2D eigenvalue weighted by molar-refractivity contribution is 5.31. The third-order valence-electron chi connectivity index (χ3n) is 4.49. The van der Waals surface area contributed by atoms with Crippen LogP contribution in [0.3, 0.4) is 0 Å². The molecule has 1 aromatic rings. The molecule has 2 rings (SSSR count). The van der Waals surface area contributed by atoms with E-state index in [-0.39, 0.29) is 25.0 Å². The molecule has 6 heteroatoms. The normalized spacial score (nSPS) is 15.8. The van der Waals surface area contributed by atoms with Crippen LogP contribution >= 0.6 is 0 Å². The lowest BCUT2D eigenvalue weighted by atomic mass is 10.1. The number of hydrogen-bond donors (Lipinski definition) is 3. The molecular weight excluding hydrogens is 284 g/mol. The van der Waals surface area contributed by atoms with Crippen LogP contribution in [0.15, 0.2) is 10.9 Å². The van der Waals surface area contributed by atoms with Gasteiger partial charge in [-0.3, -0.25) is 9.69 Å². The second kappa shape index (κ2) is 7.76. The minimum absolute atomic E-state index is 0.0297. The molecule has 0 radical (unpaired) electrons. The van der Waals surface area contributed by atoms with E-state index < -0.39 is 5.43 Å². The fourth-order valence-corrected chi connectivity index (χ4v) is 3.31. The minimum Gasteiger partial charge on any atom is -0.503 e. The van der Waals surface area contributed by atoms with Gasteiger partial charge in [0.25, 0.3) is 0 Å². The summed E-state index contributed by atoms with van der Waals surface area (Å²) >= 11 is 0. The highest BCUT2D eigenvalue weighted by Crippen LogP contribution is 2.33. The van der Waals surface area contributed by atoms with Gasteiger partial charge in [-0.15, -0.1) is 0 Å². The molecule has 1 saturated carbocycles. The molecule has 0 atom stereocenters. The van der Waals surface area contributed by atoms with Gasteiger partial charge in [0.05, 0.1) is 18.9 Å². The van der Waals surface area contributed by atoms with Crippen molar-refractivity contribution >= 4 is 0 Å². The van der Waals surface area contributed by atoms with Gasteiger partial charge >= 0.3 is 0 Å². The van der Waals surface area contributed by atoms with Gasteiger partial charge in [-0.25, -0.2) is 0 Å². The summed E-state index contributed by atoms with van der Waals surface area (Å²) in [5.74, 6) is -0.236. The topological polar surface area (TPSA) is 85.9 Å². The van der Waals surface area contributed by atoms with E-state index in [4.69, 9.17) is 5.11 Å². The van der Waals surface area contributed by atoms with Gasteiger partial charge in [0, 0.05) is 30.9 Å². The van der Waals surface area contributed by atoms with E-state index in [1.165, 1.54) is 6.07 Å². The maximum Gasteiger partial charge on any atom is 0.223 e. The van der Waals surface area contributed by atoms with Crippen molar-refractivity contribution in [3.8, 4) is 5.75 Å². The molecule has 22 heavy (non-hydrogen) atoms. The fourth-order valence-electron chi connectivity index (χ4n) is 3.31. The number of hydrogen-bond acceptors (Lipinski definition) is 5. The lowest BCUT2D eigenvalue weighted by molar-refractivity contribution is 0.188. The molecule has 124 valence electrons. The molecule has 0 bridgehead atoms. The predicted octanol–water partition coefficient (Wildman–Crippen LogP) is 0.975. The van der Waals surface area contributed by atoms with E-state index in [1.807, 2.05) is 16.4 Å². The number of rotatable bonds is 7. The van der Waals surface area contributed by atoms with Crippen LogP contribution in [-0.2, 0) is 13.2 Å². The number of likely N-dealkylation sites (N-methyl/N-ethyl adjacent to an activating group) is 1. The summed E-state index contributed by atoms with van der Waals surface area (Å²) in [5.41, 5.74) is 0.664. The summed E-state index contributed by atoms with van der Waals surface area (Å²) < 4.78 is 1.95. The number of aromatic hydroxyl groups is 1. The van der Waals surface area contributed by atoms with Crippen LogP contribution in [0.1, 0.15) is 50.0 Å². The maximum absolute atomic E-state index is 12.0. The first-order valence-electron chi connectivity index (χ1n) is 8.02. The van der Waals surface area contributed by atoms with Crippen molar-refractivity contribution in [3.63, 3.8) is 0 Å². The Bertz CT molecular complexity index is 550. The Kier molecular flexibility index (Phi) is 5.99. The Morgan fingerprint density at radius 1 is 1.32 bits per heavy atom. The molecular formula is C16H26N2O4. The van der Waals surface area contributed by atoms with Crippen LogP contribution in [0.5, 0.6) is 5.75 Å². The Labute approximate surface area is 130 Å². The van der Waals surface area contributed by atoms with Crippen LogP contribution in [-0.4, -0.2) is 44.5 Å².